The van der Waals surface area contributed by atoms with Crippen LogP contribution in [0.25, 0.3) is 0 Å². The number of benzene rings is 1. The topological polar surface area (TPSA) is 70.7 Å². The SMILES string of the molecule is COC(=O)Nc1ccc(CNC(=O)CN2CC3CC3C2)cc1. The van der Waals surface area contributed by atoms with Gasteiger partial charge in [-0.2, -0.15) is 0 Å². The lowest BCUT2D eigenvalue weighted by atomic mass is 10.2. The molecule has 0 radical (unpaired) electrons. The smallest absolute Gasteiger partial charge is 0.411 e. The fourth-order valence-electron chi connectivity index (χ4n) is 2.96. The number of nitrogens with zero attached hydrogens (tertiary/aromatic N) is 1. The van der Waals surface area contributed by atoms with Gasteiger partial charge in [-0.05, 0) is 36.0 Å². The van der Waals surface area contributed by atoms with Gasteiger partial charge in [0.15, 0.2) is 0 Å². The number of anilines is 1. The average Bonchev–Trinajstić information content (AvgIpc) is 3.13. The van der Waals surface area contributed by atoms with E-state index in [2.05, 4.69) is 20.3 Å². The van der Waals surface area contributed by atoms with E-state index in [4.69, 9.17) is 0 Å². The highest BCUT2D eigenvalue weighted by atomic mass is 16.5. The molecule has 1 heterocycles. The zero-order chi connectivity index (χ0) is 15.5. The molecular formula is C16H21N3O3. The number of likely N-dealkylation sites (tertiary alicyclic amines) is 1. The van der Waals surface area contributed by atoms with Gasteiger partial charge in [-0.3, -0.25) is 15.0 Å². The van der Waals surface area contributed by atoms with Crippen LogP contribution in [0.2, 0.25) is 0 Å². The molecule has 2 fully saturated rings. The lowest BCUT2D eigenvalue weighted by Gasteiger charge is -2.16. The third-order valence-corrected chi connectivity index (χ3v) is 4.30. The molecule has 0 bridgehead atoms. The summed E-state index contributed by atoms with van der Waals surface area (Å²) in [5, 5.41) is 5.52. The van der Waals surface area contributed by atoms with Gasteiger partial charge in [0.05, 0.1) is 13.7 Å². The fourth-order valence-corrected chi connectivity index (χ4v) is 2.96. The summed E-state index contributed by atoms with van der Waals surface area (Å²) < 4.78 is 4.53. The predicted octanol–water partition coefficient (Wildman–Crippen LogP) is 1.43. The molecule has 2 atom stereocenters. The van der Waals surface area contributed by atoms with E-state index in [1.165, 1.54) is 13.5 Å². The molecule has 1 aromatic carbocycles. The minimum atomic E-state index is -0.496. The van der Waals surface area contributed by atoms with Gasteiger partial charge in [-0.15, -0.1) is 0 Å². The summed E-state index contributed by atoms with van der Waals surface area (Å²) >= 11 is 0. The molecule has 6 nitrogen and oxygen atoms in total. The lowest BCUT2D eigenvalue weighted by molar-refractivity contribution is -0.122. The average molecular weight is 303 g/mol. The first-order valence-electron chi connectivity index (χ1n) is 7.57. The second kappa shape index (κ2) is 6.36. The first kappa shape index (κ1) is 14.8. The Morgan fingerprint density at radius 1 is 1.23 bits per heavy atom. The number of carbonyl (C=O) groups excluding carboxylic acids is 2. The Morgan fingerprint density at radius 3 is 2.55 bits per heavy atom. The summed E-state index contributed by atoms with van der Waals surface area (Å²) in [6.45, 7) is 3.14. The molecule has 118 valence electrons. The number of rotatable bonds is 5. The molecule has 1 aliphatic heterocycles. The van der Waals surface area contributed by atoms with Crippen LogP contribution < -0.4 is 10.6 Å². The Balaban J connectivity index is 1.40. The zero-order valence-corrected chi connectivity index (χ0v) is 12.7. The molecule has 0 spiro atoms. The van der Waals surface area contributed by atoms with Gasteiger partial charge in [-0.1, -0.05) is 12.1 Å². The van der Waals surface area contributed by atoms with Crippen molar-refractivity contribution in [2.45, 2.75) is 13.0 Å². The Labute approximate surface area is 129 Å². The molecule has 22 heavy (non-hydrogen) atoms. The van der Waals surface area contributed by atoms with Crippen molar-refractivity contribution in [1.82, 2.24) is 10.2 Å². The molecule has 2 amide bonds. The highest BCUT2D eigenvalue weighted by Gasteiger charge is 2.45. The van der Waals surface area contributed by atoms with E-state index in [-0.39, 0.29) is 5.91 Å². The van der Waals surface area contributed by atoms with E-state index in [9.17, 15) is 9.59 Å². The van der Waals surface area contributed by atoms with Crippen LogP contribution in [0.5, 0.6) is 0 Å². The molecule has 2 N–H and O–H groups in total. The standard InChI is InChI=1S/C16H21N3O3/c1-22-16(21)18-14-4-2-11(3-5-14)7-17-15(20)10-19-8-12-6-13(12)9-19/h2-5,12-13H,6-10H2,1H3,(H,17,20)(H,18,21). The lowest BCUT2D eigenvalue weighted by Crippen LogP contribution is -2.36. The van der Waals surface area contributed by atoms with Crippen molar-refractivity contribution in [2.75, 3.05) is 32.1 Å². The number of hydrogen-bond acceptors (Lipinski definition) is 4. The zero-order valence-electron chi connectivity index (χ0n) is 12.7. The number of carbonyl (C=O) groups is 2. The maximum atomic E-state index is 11.9. The summed E-state index contributed by atoms with van der Waals surface area (Å²) in [4.78, 5) is 25.2. The predicted molar refractivity (Wildman–Crippen MR) is 82.4 cm³/mol. The fraction of sp³-hybridized carbons (Fsp3) is 0.500. The number of amides is 2. The molecule has 3 rings (SSSR count). The molecule has 6 heteroatoms. The van der Waals surface area contributed by atoms with Crippen LogP contribution in [-0.4, -0.2) is 43.6 Å². The number of methoxy groups -OCH3 is 1. The van der Waals surface area contributed by atoms with E-state index in [0.717, 1.165) is 30.5 Å². The van der Waals surface area contributed by atoms with Crippen molar-refractivity contribution >= 4 is 17.7 Å². The molecular weight excluding hydrogens is 282 g/mol. The third kappa shape index (κ3) is 3.76. The Bertz CT molecular complexity index is 548. The van der Waals surface area contributed by atoms with Crippen LogP contribution in [0.4, 0.5) is 10.5 Å². The van der Waals surface area contributed by atoms with Crippen molar-refractivity contribution in [3.05, 3.63) is 29.8 Å². The Kier molecular flexibility index (Phi) is 4.29. The van der Waals surface area contributed by atoms with E-state index in [1.54, 1.807) is 12.1 Å². The monoisotopic (exact) mass is 303 g/mol. The molecule has 1 saturated carbocycles. The van der Waals surface area contributed by atoms with Crippen LogP contribution >= 0.6 is 0 Å². The van der Waals surface area contributed by atoms with Crippen LogP contribution in [0.3, 0.4) is 0 Å². The van der Waals surface area contributed by atoms with Gasteiger partial charge in [0.2, 0.25) is 5.91 Å². The van der Waals surface area contributed by atoms with E-state index in [0.29, 0.717) is 18.8 Å². The summed E-state index contributed by atoms with van der Waals surface area (Å²) in [5.41, 5.74) is 1.66. The highest BCUT2D eigenvalue weighted by Crippen LogP contribution is 2.44. The van der Waals surface area contributed by atoms with Gasteiger partial charge < -0.3 is 10.1 Å². The minimum Gasteiger partial charge on any atom is -0.453 e. The summed E-state index contributed by atoms with van der Waals surface area (Å²) in [5.74, 6) is 1.77. The van der Waals surface area contributed by atoms with Crippen LogP contribution in [-0.2, 0) is 16.1 Å². The van der Waals surface area contributed by atoms with Gasteiger partial charge in [0, 0.05) is 25.3 Å². The molecule has 2 aliphatic rings. The first-order valence-corrected chi connectivity index (χ1v) is 7.57. The second-order valence-corrected chi connectivity index (χ2v) is 6.04. The Morgan fingerprint density at radius 2 is 1.91 bits per heavy atom. The normalized spacial score (nSPS) is 22.8. The van der Waals surface area contributed by atoms with Gasteiger partial charge in [-0.25, -0.2) is 4.79 Å². The largest absolute Gasteiger partial charge is 0.453 e. The van der Waals surface area contributed by atoms with E-state index >= 15 is 0 Å². The molecule has 1 saturated heterocycles. The summed E-state index contributed by atoms with van der Waals surface area (Å²) in [6, 6.07) is 7.31. The number of ether oxygens (including phenoxy) is 1. The highest BCUT2D eigenvalue weighted by molar-refractivity contribution is 5.84. The van der Waals surface area contributed by atoms with Crippen molar-refractivity contribution in [3.8, 4) is 0 Å². The third-order valence-electron chi connectivity index (χ3n) is 4.30. The van der Waals surface area contributed by atoms with Crippen LogP contribution in [0.15, 0.2) is 24.3 Å². The van der Waals surface area contributed by atoms with Crippen molar-refractivity contribution in [1.29, 1.82) is 0 Å². The molecule has 1 aliphatic carbocycles. The second-order valence-electron chi connectivity index (χ2n) is 6.04. The van der Waals surface area contributed by atoms with Crippen molar-refractivity contribution < 1.29 is 14.3 Å². The summed E-state index contributed by atoms with van der Waals surface area (Å²) in [6.07, 6.45) is 0.856. The van der Waals surface area contributed by atoms with Crippen molar-refractivity contribution in [2.24, 2.45) is 11.8 Å². The van der Waals surface area contributed by atoms with Crippen molar-refractivity contribution in [3.63, 3.8) is 0 Å². The maximum absolute atomic E-state index is 11.9. The number of nitrogens with one attached hydrogen (secondary N) is 2. The number of fused-ring (bicyclic) bond motifs is 1. The van der Waals surface area contributed by atoms with Gasteiger partial charge in [0.1, 0.15) is 0 Å². The quantitative estimate of drug-likeness (QED) is 0.863. The number of piperidine rings is 1. The maximum Gasteiger partial charge on any atom is 0.411 e. The number of hydrogen-bond donors (Lipinski definition) is 2. The van der Waals surface area contributed by atoms with Crippen LogP contribution in [0.1, 0.15) is 12.0 Å². The molecule has 0 aromatic heterocycles. The Hall–Kier alpha value is -2.08. The van der Waals surface area contributed by atoms with Gasteiger partial charge in [0.25, 0.3) is 0 Å². The van der Waals surface area contributed by atoms with E-state index in [1.807, 2.05) is 12.1 Å². The molecule has 2 unspecified atom stereocenters. The first-order chi connectivity index (χ1) is 10.6. The summed E-state index contributed by atoms with van der Waals surface area (Å²) in [7, 11) is 1.32. The van der Waals surface area contributed by atoms with Crippen LogP contribution in [0, 0.1) is 11.8 Å². The van der Waals surface area contributed by atoms with E-state index < -0.39 is 6.09 Å². The van der Waals surface area contributed by atoms with Gasteiger partial charge >= 0.3 is 6.09 Å². The minimum absolute atomic E-state index is 0.0677. The molecule has 1 aromatic rings.